The van der Waals surface area contributed by atoms with Crippen LogP contribution < -0.4 is 10.6 Å². The molecule has 1 aliphatic heterocycles. The zero-order valence-electron chi connectivity index (χ0n) is 9.64. The van der Waals surface area contributed by atoms with Crippen molar-refractivity contribution in [2.24, 2.45) is 5.41 Å². The van der Waals surface area contributed by atoms with Gasteiger partial charge in [-0.2, -0.15) is 0 Å². The zero-order valence-corrected chi connectivity index (χ0v) is 9.64. The average molecular weight is 210 g/mol. The summed E-state index contributed by atoms with van der Waals surface area (Å²) >= 11 is 0. The molecule has 0 aromatic heterocycles. The van der Waals surface area contributed by atoms with Crippen molar-refractivity contribution in [3.8, 4) is 0 Å². The van der Waals surface area contributed by atoms with E-state index in [1.165, 1.54) is 19.3 Å². The number of carbonyl (C=O) groups excluding carboxylic acids is 1. The number of hydrogen-bond donors (Lipinski definition) is 2. The third-order valence-corrected chi connectivity index (χ3v) is 3.89. The van der Waals surface area contributed by atoms with Gasteiger partial charge in [0.2, 0.25) is 5.91 Å². The molecule has 1 unspecified atom stereocenters. The first-order valence-corrected chi connectivity index (χ1v) is 6.22. The fraction of sp³-hybridized carbons (Fsp3) is 0.917. The molecule has 86 valence electrons. The molecule has 0 aromatic rings. The topological polar surface area (TPSA) is 41.1 Å². The van der Waals surface area contributed by atoms with Gasteiger partial charge in [-0.3, -0.25) is 4.79 Å². The molecule has 2 aliphatic rings. The number of carbonyl (C=O) groups is 1. The van der Waals surface area contributed by atoms with Crippen LogP contribution in [0.15, 0.2) is 0 Å². The maximum atomic E-state index is 12.1. The lowest BCUT2D eigenvalue weighted by molar-refractivity contribution is -0.130. The molecular formula is C12H22N2O. The Morgan fingerprint density at radius 1 is 1.33 bits per heavy atom. The maximum Gasteiger partial charge on any atom is 0.226 e. The molecular weight excluding hydrogens is 188 g/mol. The summed E-state index contributed by atoms with van der Waals surface area (Å²) in [6.45, 7) is 4.16. The Labute approximate surface area is 92.0 Å². The Morgan fingerprint density at radius 3 is 2.67 bits per heavy atom. The van der Waals surface area contributed by atoms with Gasteiger partial charge in [0.15, 0.2) is 0 Å². The maximum absolute atomic E-state index is 12.1. The van der Waals surface area contributed by atoms with E-state index < -0.39 is 0 Å². The molecule has 15 heavy (non-hydrogen) atoms. The second kappa shape index (κ2) is 4.52. The van der Waals surface area contributed by atoms with Crippen molar-refractivity contribution in [3.05, 3.63) is 0 Å². The molecule has 1 heterocycles. The minimum Gasteiger partial charge on any atom is -0.352 e. The van der Waals surface area contributed by atoms with E-state index in [0.717, 1.165) is 32.4 Å². The molecule has 3 nitrogen and oxygen atoms in total. The first kappa shape index (κ1) is 10.9. The summed E-state index contributed by atoms with van der Waals surface area (Å²) in [6, 6.07) is 0.365. The van der Waals surface area contributed by atoms with E-state index in [9.17, 15) is 4.79 Å². The van der Waals surface area contributed by atoms with Crippen LogP contribution >= 0.6 is 0 Å². The quantitative estimate of drug-likeness (QED) is 0.724. The van der Waals surface area contributed by atoms with E-state index >= 15 is 0 Å². The average Bonchev–Trinajstić information content (AvgIpc) is 2.68. The van der Waals surface area contributed by atoms with Crippen LogP contribution in [0.2, 0.25) is 0 Å². The van der Waals surface area contributed by atoms with Crippen LogP contribution in [0.5, 0.6) is 0 Å². The molecule has 1 atom stereocenters. The van der Waals surface area contributed by atoms with Gasteiger partial charge in [0, 0.05) is 18.0 Å². The molecule has 0 spiro atoms. The molecule has 1 saturated heterocycles. The van der Waals surface area contributed by atoms with Crippen molar-refractivity contribution in [3.63, 3.8) is 0 Å². The second-order valence-corrected chi connectivity index (χ2v) is 5.28. The first-order chi connectivity index (χ1) is 7.21. The van der Waals surface area contributed by atoms with E-state index in [2.05, 4.69) is 17.6 Å². The van der Waals surface area contributed by atoms with Crippen molar-refractivity contribution < 1.29 is 4.79 Å². The highest BCUT2D eigenvalue weighted by Crippen LogP contribution is 2.37. The van der Waals surface area contributed by atoms with Gasteiger partial charge >= 0.3 is 0 Å². The lowest BCUT2D eigenvalue weighted by Gasteiger charge is -2.29. The van der Waals surface area contributed by atoms with Gasteiger partial charge in [0.25, 0.3) is 0 Å². The molecule has 3 heteroatoms. The van der Waals surface area contributed by atoms with Crippen LogP contribution in [0.4, 0.5) is 0 Å². The second-order valence-electron chi connectivity index (χ2n) is 5.28. The monoisotopic (exact) mass is 210 g/mol. The Kier molecular flexibility index (Phi) is 3.29. The largest absolute Gasteiger partial charge is 0.352 e. The predicted molar refractivity (Wildman–Crippen MR) is 60.6 cm³/mol. The van der Waals surface area contributed by atoms with Gasteiger partial charge < -0.3 is 10.6 Å². The van der Waals surface area contributed by atoms with Gasteiger partial charge in [-0.15, -0.1) is 0 Å². The Morgan fingerprint density at radius 2 is 2.07 bits per heavy atom. The van der Waals surface area contributed by atoms with E-state index in [1.54, 1.807) is 0 Å². The summed E-state index contributed by atoms with van der Waals surface area (Å²) in [6.07, 6.45) is 6.88. The summed E-state index contributed by atoms with van der Waals surface area (Å²) in [5.41, 5.74) is -0.0720. The molecule has 2 rings (SSSR count). The van der Waals surface area contributed by atoms with Crippen LogP contribution in [0.25, 0.3) is 0 Å². The third kappa shape index (κ3) is 2.51. The third-order valence-electron chi connectivity index (χ3n) is 3.89. The van der Waals surface area contributed by atoms with Crippen molar-refractivity contribution in [1.82, 2.24) is 10.6 Å². The summed E-state index contributed by atoms with van der Waals surface area (Å²) in [5, 5.41) is 6.53. The van der Waals surface area contributed by atoms with Crippen LogP contribution in [-0.4, -0.2) is 25.0 Å². The van der Waals surface area contributed by atoms with Crippen molar-refractivity contribution >= 4 is 5.91 Å². The molecule has 1 aliphatic carbocycles. The standard InChI is InChI=1S/C12H22N2O/c1-12(6-2-3-7-12)11(15)14-10-5-4-8-13-9-10/h10,13H,2-9H2,1H3,(H,14,15). The van der Waals surface area contributed by atoms with Gasteiger partial charge in [-0.05, 0) is 32.2 Å². The molecule has 1 saturated carbocycles. The SMILES string of the molecule is CC1(C(=O)NC2CCCNC2)CCCC1. The van der Waals surface area contributed by atoms with Gasteiger partial charge in [0.05, 0.1) is 0 Å². The zero-order chi connectivity index (χ0) is 10.7. The number of piperidine rings is 1. The highest BCUT2D eigenvalue weighted by molar-refractivity contribution is 5.82. The number of nitrogens with one attached hydrogen (secondary N) is 2. The summed E-state index contributed by atoms with van der Waals surface area (Å²) < 4.78 is 0. The van der Waals surface area contributed by atoms with Crippen LogP contribution in [0.3, 0.4) is 0 Å². The summed E-state index contributed by atoms with van der Waals surface area (Å²) in [7, 11) is 0. The molecule has 0 aromatic carbocycles. The van der Waals surface area contributed by atoms with Gasteiger partial charge in [-0.25, -0.2) is 0 Å². The van der Waals surface area contributed by atoms with E-state index in [4.69, 9.17) is 0 Å². The van der Waals surface area contributed by atoms with E-state index in [1.807, 2.05) is 0 Å². The predicted octanol–water partition coefficient (Wildman–Crippen LogP) is 1.43. The minimum absolute atomic E-state index is 0.0720. The molecule has 1 amide bonds. The van der Waals surface area contributed by atoms with Gasteiger partial charge in [0.1, 0.15) is 0 Å². The fourth-order valence-electron chi connectivity index (χ4n) is 2.72. The normalized spacial score (nSPS) is 30.1. The number of rotatable bonds is 2. The van der Waals surface area contributed by atoms with Crippen LogP contribution in [-0.2, 0) is 4.79 Å². The number of hydrogen-bond acceptors (Lipinski definition) is 2. The Hall–Kier alpha value is -0.570. The van der Waals surface area contributed by atoms with Crippen molar-refractivity contribution in [1.29, 1.82) is 0 Å². The van der Waals surface area contributed by atoms with Crippen molar-refractivity contribution in [2.75, 3.05) is 13.1 Å². The fourth-order valence-corrected chi connectivity index (χ4v) is 2.72. The molecule has 2 N–H and O–H groups in total. The molecule has 0 radical (unpaired) electrons. The smallest absolute Gasteiger partial charge is 0.226 e. The van der Waals surface area contributed by atoms with E-state index in [0.29, 0.717) is 6.04 Å². The first-order valence-electron chi connectivity index (χ1n) is 6.22. The van der Waals surface area contributed by atoms with Crippen LogP contribution in [0.1, 0.15) is 45.4 Å². The lowest BCUT2D eigenvalue weighted by Crippen LogP contribution is -2.49. The molecule has 0 bridgehead atoms. The Bertz CT molecular complexity index is 228. The highest BCUT2D eigenvalue weighted by Gasteiger charge is 2.36. The van der Waals surface area contributed by atoms with E-state index in [-0.39, 0.29) is 11.3 Å². The summed E-state index contributed by atoms with van der Waals surface area (Å²) in [5.74, 6) is 0.286. The van der Waals surface area contributed by atoms with Crippen LogP contribution in [0, 0.1) is 5.41 Å². The molecule has 2 fully saturated rings. The summed E-state index contributed by atoms with van der Waals surface area (Å²) in [4.78, 5) is 12.1. The Balaban J connectivity index is 1.85. The number of amides is 1. The van der Waals surface area contributed by atoms with Gasteiger partial charge in [-0.1, -0.05) is 19.8 Å². The minimum atomic E-state index is -0.0720. The van der Waals surface area contributed by atoms with Crippen molar-refractivity contribution in [2.45, 2.75) is 51.5 Å². The highest BCUT2D eigenvalue weighted by atomic mass is 16.2. The lowest BCUT2D eigenvalue weighted by atomic mass is 9.87.